The Kier molecular flexibility index (Phi) is 8.25. The summed E-state index contributed by atoms with van der Waals surface area (Å²) in [5.74, 6) is 2.36. The van der Waals surface area contributed by atoms with E-state index in [0.29, 0.717) is 73.5 Å². The van der Waals surface area contributed by atoms with Crippen molar-refractivity contribution in [1.29, 1.82) is 5.26 Å². The molecule has 6 rings (SSSR count). The van der Waals surface area contributed by atoms with Gasteiger partial charge in [-0.3, -0.25) is 4.98 Å². The van der Waals surface area contributed by atoms with Gasteiger partial charge in [0.05, 0.1) is 46.9 Å². The molecule has 2 fully saturated rings. The minimum Gasteiger partial charge on any atom is -0.493 e. The number of pyridine rings is 2. The molecular formula is C32H31Cl2N5O3. The molecule has 8 nitrogen and oxygen atoms in total. The van der Waals surface area contributed by atoms with Crippen LogP contribution >= 0.6 is 23.2 Å². The highest BCUT2D eigenvalue weighted by molar-refractivity contribution is 6.33. The quantitative estimate of drug-likeness (QED) is 0.192. The van der Waals surface area contributed by atoms with Crippen molar-refractivity contribution in [2.45, 2.75) is 32.3 Å². The van der Waals surface area contributed by atoms with E-state index in [1.54, 1.807) is 37.6 Å². The topological polar surface area (TPSA) is 101 Å². The molecule has 42 heavy (non-hydrogen) atoms. The van der Waals surface area contributed by atoms with Gasteiger partial charge in [0.2, 0.25) is 0 Å². The second kappa shape index (κ2) is 12.2. The van der Waals surface area contributed by atoms with Crippen molar-refractivity contribution < 1.29 is 14.2 Å². The molecule has 0 unspecified atom stereocenters. The Morgan fingerprint density at radius 1 is 1.07 bits per heavy atom. The summed E-state index contributed by atoms with van der Waals surface area (Å²) < 4.78 is 17.8. The van der Waals surface area contributed by atoms with Crippen LogP contribution in [0.5, 0.6) is 17.2 Å². The number of halogens is 2. The Morgan fingerprint density at radius 3 is 2.64 bits per heavy atom. The molecule has 2 aliphatic rings. The lowest BCUT2D eigenvalue weighted by Crippen LogP contribution is -2.46. The van der Waals surface area contributed by atoms with Crippen LogP contribution in [0.25, 0.3) is 10.9 Å². The highest BCUT2D eigenvalue weighted by Crippen LogP contribution is 2.52. The molecule has 10 heteroatoms. The first-order valence-electron chi connectivity index (χ1n) is 14.0. The second-order valence-corrected chi connectivity index (χ2v) is 11.8. The van der Waals surface area contributed by atoms with Gasteiger partial charge in [-0.25, -0.2) is 4.98 Å². The number of ether oxygens (including phenoxy) is 3. The molecule has 0 amide bonds. The summed E-state index contributed by atoms with van der Waals surface area (Å²) in [4.78, 5) is 8.78. The van der Waals surface area contributed by atoms with Crippen LogP contribution in [-0.4, -0.2) is 36.8 Å². The van der Waals surface area contributed by atoms with Gasteiger partial charge >= 0.3 is 0 Å². The number of hydrogen-bond acceptors (Lipinski definition) is 8. The van der Waals surface area contributed by atoms with Crippen LogP contribution in [0.1, 0.15) is 36.9 Å². The van der Waals surface area contributed by atoms with Crippen molar-refractivity contribution in [2.75, 3.05) is 32.1 Å². The summed E-state index contributed by atoms with van der Waals surface area (Å²) >= 11 is 12.6. The Labute approximate surface area is 254 Å². The lowest BCUT2D eigenvalue weighted by molar-refractivity contribution is -0.00241. The number of hydrogen-bond donors (Lipinski definition) is 2. The molecule has 2 aromatic heterocycles. The van der Waals surface area contributed by atoms with E-state index >= 15 is 0 Å². The Balaban J connectivity index is 1.19. The van der Waals surface area contributed by atoms with E-state index in [1.807, 2.05) is 24.3 Å². The van der Waals surface area contributed by atoms with Crippen molar-refractivity contribution in [3.63, 3.8) is 0 Å². The van der Waals surface area contributed by atoms with Gasteiger partial charge in [-0.2, -0.15) is 5.26 Å². The Bertz CT molecular complexity index is 1640. The fourth-order valence-corrected chi connectivity index (χ4v) is 6.46. The Morgan fingerprint density at radius 2 is 1.90 bits per heavy atom. The largest absolute Gasteiger partial charge is 0.493 e. The number of anilines is 2. The molecule has 2 N–H and O–H groups in total. The number of nitriles is 1. The van der Waals surface area contributed by atoms with E-state index < -0.39 is 0 Å². The Hall–Kier alpha value is -3.77. The molecule has 0 radical (unpaired) electrons. The van der Waals surface area contributed by atoms with Crippen molar-refractivity contribution in [3.8, 4) is 23.3 Å². The summed E-state index contributed by atoms with van der Waals surface area (Å²) in [6, 6.07) is 16.7. The van der Waals surface area contributed by atoms with Crippen LogP contribution in [0.4, 0.5) is 11.4 Å². The zero-order valence-corrected chi connectivity index (χ0v) is 24.8. The average molecular weight is 605 g/mol. The van der Waals surface area contributed by atoms with Gasteiger partial charge in [-0.1, -0.05) is 29.3 Å². The van der Waals surface area contributed by atoms with E-state index in [-0.39, 0.29) is 6.61 Å². The van der Waals surface area contributed by atoms with Gasteiger partial charge in [-0.15, -0.1) is 0 Å². The smallest absolute Gasteiger partial charge is 0.163 e. The predicted octanol–water partition coefficient (Wildman–Crippen LogP) is 7.30. The van der Waals surface area contributed by atoms with Crippen LogP contribution < -0.4 is 24.8 Å². The number of nitrogens with zero attached hydrogens (tertiary/aromatic N) is 3. The molecule has 0 atom stereocenters. The number of rotatable bonds is 9. The normalized spacial score (nSPS) is 16.0. The molecule has 0 bridgehead atoms. The lowest BCUT2D eigenvalue weighted by atomic mass is 9.58. The standard InChI is InChI=1S/C32H31Cl2N5O3/c1-40-28-12-24-27(13-29(28)42-18-20-14-32(15-20)7-9-36-10-8-32)37-17-21(16-35)31(24)39-26-6-5-23(11-25(26)33)41-19-22-3-2-4-30(34)38-22/h2-6,11-13,17,20,36H,7-10,14-15,18-19H2,1H3,(H,37,39). The average Bonchev–Trinajstić information content (AvgIpc) is 2.99. The highest BCUT2D eigenvalue weighted by Gasteiger charge is 2.44. The number of piperidine rings is 1. The molecule has 1 aliphatic carbocycles. The van der Waals surface area contributed by atoms with Crippen molar-refractivity contribution >= 4 is 45.5 Å². The SMILES string of the molecule is COc1cc2c(Nc3ccc(OCc4cccc(Cl)n4)cc3Cl)c(C#N)cnc2cc1OCC1CC2(CCNCC2)C1. The van der Waals surface area contributed by atoms with Crippen LogP contribution in [0, 0.1) is 22.7 Å². The minimum absolute atomic E-state index is 0.251. The minimum atomic E-state index is 0.251. The summed E-state index contributed by atoms with van der Waals surface area (Å²) in [6.45, 7) is 3.13. The van der Waals surface area contributed by atoms with Crippen molar-refractivity contribution in [1.82, 2.24) is 15.3 Å². The van der Waals surface area contributed by atoms with E-state index in [9.17, 15) is 5.26 Å². The molecule has 1 aliphatic heterocycles. The van der Waals surface area contributed by atoms with E-state index in [4.69, 9.17) is 37.4 Å². The maximum Gasteiger partial charge on any atom is 0.163 e. The first kappa shape index (κ1) is 28.4. The highest BCUT2D eigenvalue weighted by atomic mass is 35.5. The molecule has 4 aromatic rings. The summed E-state index contributed by atoms with van der Waals surface area (Å²) in [6.07, 6.45) is 6.49. The van der Waals surface area contributed by atoms with Gasteiger partial charge in [-0.05, 0) is 80.4 Å². The summed E-state index contributed by atoms with van der Waals surface area (Å²) in [5.41, 5.74) is 3.47. The molecule has 1 saturated carbocycles. The van der Waals surface area contributed by atoms with Crippen LogP contribution in [-0.2, 0) is 6.61 Å². The first-order valence-corrected chi connectivity index (χ1v) is 14.8. The van der Waals surface area contributed by atoms with Gasteiger partial charge < -0.3 is 24.8 Å². The maximum absolute atomic E-state index is 9.87. The molecule has 216 valence electrons. The number of aromatic nitrogens is 2. The van der Waals surface area contributed by atoms with E-state index in [0.717, 1.165) is 18.5 Å². The van der Waals surface area contributed by atoms with Gasteiger partial charge in [0.15, 0.2) is 11.5 Å². The predicted molar refractivity (Wildman–Crippen MR) is 164 cm³/mol. The maximum atomic E-state index is 9.87. The monoisotopic (exact) mass is 603 g/mol. The molecule has 2 aromatic carbocycles. The third-order valence-corrected chi connectivity index (χ3v) is 8.74. The van der Waals surface area contributed by atoms with Crippen LogP contribution in [0.15, 0.2) is 54.7 Å². The number of benzene rings is 2. The number of fused-ring (bicyclic) bond motifs is 1. The third-order valence-electron chi connectivity index (χ3n) is 8.22. The fraction of sp³-hybridized carbons (Fsp3) is 0.344. The number of nitrogens with one attached hydrogen (secondary N) is 2. The van der Waals surface area contributed by atoms with Crippen LogP contribution in [0.2, 0.25) is 10.2 Å². The van der Waals surface area contributed by atoms with E-state index in [2.05, 4.69) is 26.7 Å². The van der Waals surface area contributed by atoms with Gasteiger partial charge in [0.1, 0.15) is 23.6 Å². The van der Waals surface area contributed by atoms with Gasteiger partial charge in [0.25, 0.3) is 0 Å². The van der Waals surface area contributed by atoms with Crippen molar-refractivity contribution in [2.24, 2.45) is 11.3 Å². The third kappa shape index (κ3) is 6.05. The summed E-state index contributed by atoms with van der Waals surface area (Å²) in [5, 5.41) is 18.2. The van der Waals surface area contributed by atoms with E-state index in [1.165, 1.54) is 25.7 Å². The zero-order chi connectivity index (χ0) is 29.1. The first-order chi connectivity index (χ1) is 20.4. The molecule has 1 spiro atoms. The lowest BCUT2D eigenvalue weighted by Gasteiger charge is -2.50. The zero-order valence-electron chi connectivity index (χ0n) is 23.3. The molecule has 1 saturated heterocycles. The van der Waals surface area contributed by atoms with Crippen LogP contribution in [0.3, 0.4) is 0 Å². The fourth-order valence-electron chi connectivity index (χ4n) is 6.06. The van der Waals surface area contributed by atoms with Gasteiger partial charge in [0, 0.05) is 23.7 Å². The van der Waals surface area contributed by atoms with Crippen molar-refractivity contribution in [3.05, 3.63) is 76.2 Å². The second-order valence-electron chi connectivity index (χ2n) is 11.0. The molecule has 3 heterocycles. The molecular weight excluding hydrogens is 573 g/mol. The summed E-state index contributed by atoms with van der Waals surface area (Å²) in [7, 11) is 1.62. The number of methoxy groups -OCH3 is 1.